The molecule has 0 saturated heterocycles. The summed E-state index contributed by atoms with van der Waals surface area (Å²) < 4.78 is 0. The summed E-state index contributed by atoms with van der Waals surface area (Å²) in [7, 11) is 0. The zero-order valence-corrected chi connectivity index (χ0v) is 10.5. The van der Waals surface area contributed by atoms with Crippen molar-refractivity contribution in [2.75, 3.05) is 6.54 Å². The third kappa shape index (κ3) is 3.79. The molecule has 1 nitrogen and oxygen atoms in total. The van der Waals surface area contributed by atoms with Gasteiger partial charge in [-0.2, -0.15) is 0 Å². The van der Waals surface area contributed by atoms with Crippen LogP contribution in [-0.4, -0.2) is 12.6 Å². The number of nitrogens with one attached hydrogen (secondary N) is 1. The van der Waals surface area contributed by atoms with E-state index < -0.39 is 0 Å². The van der Waals surface area contributed by atoms with Gasteiger partial charge in [-0.1, -0.05) is 39.5 Å². The smallest absolute Gasteiger partial charge is 0.00683 e. The van der Waals surface area contributed by atoms with E-state index in [0.29, 0.717) is 0 Å². The zero-order chi connectivity index (χ0) is 10.7. The Morgan fingerprint density at radius 2 is 1.67 bits per heavy atom. The van der Waals surface area contributed by atoms with Crippen LogP contribution in [-0.2, 0) is 0 Å². The first-order chi connectivity index (χ1) is 7.25. The molecule has 0 amide bonds. The van der Waals surface area contributed by atoms with E-state index in [1.807, 2.05) is 0 Å². The van der Waals surface area contributed by atoms with Crippen molar-refractivity contribution >= 4 is 0 Å². The molecule has 2 aliphatic carbocycles. The molecule has 0 radical (unpaired) electrons. The lowest BCUT2D eigenvalue weighted by atomic mass is 9.86. The summed E-state index contributed by atoms with van der Waals surface area (Å²) in [5.74, 6) is 2.84. The van der Waals surface area contributed by atoms with Gasteiger partial charge in [0.25, 0.3) is 0 Å². The largest absolute Gasteiger partial charge is 0.314 e. The Balaban J connectivity index is 1.61. The molecule has 1 N–H and O–H groups in total. The van der Waals surface area contributed by atoms with Crippen LogP contribution in [0.1, 0.15) is 58.8 Å². The lowest BCUT2D eigenvalue weighted by molar-refractivity contribution is 0.295. The Kier molecular flexibility index (Phi) is 4.07. The van der Waals surface area contributed by atoms with E-state index in [1.165, 1.54) is 51.5 Å². The first-order valence-electron chi connectivity index (χ1n) is 6.99. The highest BCUT2D eigenvalue weighted by molar-refractivity contribution is 4.82. The van der Waals surface area contributed by atoms with E-state index in [0.717, 1.165) is 23.8 Å². The van der Waals surface area contributed by atoms with E-state index in [-0.39, 0.29) is 0 Å². The second kappa shape index (κ2) is 5.34. The van der Waals surface area contributed by atoms with Gasteiger partial charge in [0.15, 0.2) is 0 Å². The van der Waals surface area contributed by atoms with Gasteiger partial charge in [-0.25, -0.2) is 0 Å². The summed E-state index contributed by atoms with van der Waals surface area (Å²) in [5.41, 5.74) is 0. The highest BCUT2D eigenvalue weighted by atomic mass is 14.9. The van der Waals surface area contributed by atoms with Crippen LogP contribution in [0.3, 0.4) is 0 Å². The van der Waals surface area contributed by atoms with E-state index in [4.69, 9.17) is 0 Å². The third-order valence-corrected chi connectivity index (χ3v) is 4.46. The van der Waals surface area contributed by atoms with Crippen molar-refractivity contribution in [1.29, 1.82) is 0 Å². The van der Waals surface area contributed by atoms with Crippen molar-refractivity contribution in [2.45, 2.75) is 64.8 Å². The van der Waals surface area contributed by atoms with E-state index in [2.05, 4.69) is 19.2 Å². The average molecular weight is 209 g/mol. The van der Waals surface area contributed by atoms with Gasteiger partial charge in [-0.3, -0.25) is 0 Å². The number of hydrogen-bond acceptors (Lipinski definition) is 1. The molecule has 1 heteroatoms. The molecule has 0 aromatic carbocycles. The quantitative estimate of drug-likeness (QED) is 0.705. The molecular formula is C14H27N. The molecule has 88 valence electrons. The second-order valence-corrected chi connectivity index (χ2v) is 6.02. The van der Waals surface area contributed by atoms with Crippen molar-refractivity contribution in [2.24, 2.45) is 17.8 Å². The molecule has 0 heterocycles. The van der Waals surface area contributed by atoms with Gasteiger partial charge in [-0.05, 0) is 43.6 Å². The van der Waals surface area contributed by atoms with E-state index in [9.17, 15) is 0 Å². The molecule has 15 heavy (non-hydrogen) atoms. The zero-order valence-electron chi connectivity index (χ0n) is 10.5. The molecule has 2 aliphatic rings. The summed E-state index contributed by atoms with van der Waals surface area (Å²) in [6.45, 7) is 6.13. The second-order valence-electron chi connectivity index (χ2n) is 6.02. The first kappa shape index (κ1) is 11.4. The van der Waals surface area contributed by atoms with E-state index in [1.54, 1.807) is 0 Å². The topological polar surface area (TPSA) is 12.0 Å². The highest BCUT2D eigenvalue weighted by Crippen LogP contribution is 2.32. The monoisotopic (exact) mass is 209 g/mol. The molecule has 2 fully saturated rings. The van der Waals surface area contributed by atoms with Crippen LogP contribution in [0.5, 0.6) is 0 Å². The highest BCUT2D eigenvalue weighted by Gasteiger charge is 2.24. The summed E-state index contributed by atoms with van der Waals surface area (Å²) in [4.78, 5) is 0. The minimum atomic E-state index is 0.867. The fourth-order valence-corrected chi connectivity index (χ4v) is 2.85. The SMILES string of the molecule is CC(CNC1CC1)C(C)CC1CCCC1. The fraction of sp³-hybridized carbons (Fsp3) is 1.00. The molecule has 0 aromatic rings. The average Bonchev–Trinajstić information content (AvgIpc) is 2.92. The van der Waals surface area contributed by atoms with Crippen LogP contribution in [0.15, 0.2) is 0 Å². The van der Waals surface area contributed by atoms with Gasteiger partial charge in [0, 0.05) is 6.04 Å². The van der Waals surface area contributed by atoms with Crippen molar-refractivity contribution < 1.29 is 0 Å². The van der Waals surface area contributed by atoms with Crippen LogP contribution >= 0.6 is 0 Å². The maximum atomic E-state index is 3.66. The normalized spacial score (nSPS) is 26.8. The Hall–Kier alpha value is -0.0400. The lowest BCUT2D eigenvalue weighted by Crippen LogP contribution is -2.27. The third-order valence-electron chi connectivity index (χ3n) is 4.46. The minimum absolute atomic E-state index is 0.867. The van der Waals surface area contributed by atoms with Crippen molar-refractivity contribution in [3.63, 3.8) is 0 Å². The van der Waals surface area contributed by atoms with E-state index >= 15 is 0 Å². The summed E-state index contributed by atoms with van der Waals surface area (Å²) in [6, 6.07) is 0.881. The molecule has 0 aliphatic heterocycles. The summed E-state index contributed by atoms with van der Waals surface area (Å²) in [6.07, 6.45) is 10.3. The summed E-state index contributed by atoms with van der Waals surface area (Å²) in [5, 5.41) is 3.66. The standard InChI is InChI=1S/C14H27N/c1-11(9-13-5-3-4-6-13)12(2)10-15-14-7-8-14/h11-15H,3-10H2,1-2H3. The molecule has 2 unspecified atom stereocenters. The van der Waals surface area contributed by atoms with Crippen LogP contribution in [0, 0.1) is 17.8 Å². The van der Waals surface area contributed by atoms with Gasteiger partial charge in [0.1, 0.15) is 0 Å². The predicted octanol–water partition coefficient (Wildman–Crippen LogP) is 3.59. The Morgan fingerprint density at radius 1 is 1.00 bits per heavy atom. The van der Waals surface area contributed by atoms with Gasteiger partial charge < -0.3 is 5.32 Å². The Bertz CT molecular complexity index is 180. The van der Waals surface area contributed by atoms with Crippen LogP contribution in [0.2, 0.25) is 0 Å². The fourth-order valence-electron chi connectivity index (χ4n) is 2.85. The molecular weight excluding hydrogens is 182 g/mol. The maximum Gasteiger partial charge on any atom is 0.00683 e. The van der Waals surface area contributed by atoms with Crippen molar-refractivity contribution in [3.8, 4) is 0 Å². The van der Waals surface area contributed by atoms with Gasteiger partial charge >= 0.3 is 0 Å². The number of hydrogen-bond donors (Lipinski definition) is 1. The Labute approximate surface area is 95.0 Å². The van der Waals surface area contributed by atoms with Gasteiger partial charge in [0.2, 0.25) is 0 Å². The predicted molar refractivity (Wildman–Crippen MR) is 65.9 cm³/mol. The van der Waals surface area contributed by atoms with Gasteiger partial charge in [0.05, 0.1) is 0 Å². The molecule has 2 saturated carbocycles. The van der Waals surface area contributed by atoms with Crippen LogP contribution in [0.4, 0.5) is 0 Å². The van der Waals surface area contributed by atoms with Crippen molar-refractivity contribution in [1.82, 2.24) is 5.32 Å². The molecule has 0 aromatic heterocycles. The Morgan fingerprint density at radius 3 is 2.27 bits per heavy atom. The maximum absolute atomic E-state index is 3.66. The van der Waals surface area contributed by atoms with Crippen molar-refractivity contribution in [3.05, 3.63) is 0 Å². The molecule has 0 spiro atoms. The van der Waals surface area contributed by atoms with Crippen LogP contribution < -0.4 is 5.32 Å². The molecule has 2 atom stereocenters. The molecule has 2 rings (SSSR count). The lowest BCUT2D eigenvalue weighted by Gasteiger charge is -2.23. The number of rotatable bonds is 6. The summed E-state index contributed by atoms with van der Waals surface area (Å²) >= 11 is 0. The first-order valence-corrected chi connectivity index (χ1v) is 6.99. The molecule has 0 bridgehead atoms. The van der Waals surface area contributed by atoms with Gasteiger partial charge in [-0.15, -0.1) is 0 Å². The van der Waals surface area contributed by atoms with Crippen LogP contribution in [0.25, 0.3) is 0 Å². The minimum Gasteiger partial charge on any atom is -0.314 e.